The number of carbonyl (C=O) groups is 1. The van der Waals surface area contributed by atoms with Crippen LogP contribution in [-0.4, -0.2) is 62.6 Å². The molecule has 0 aromatic heterocycles. The maximum absolute atomic E-state index is 13.3. The molecule has 1 amide bonds. The van der Waals surface area contributed by atoms with Crippen molar-refractivity contribution >= 4 is 29.0 Å². The number of piperazine rings is 1. The SMILES string of the molecule is CCC(CC)(C(=O)NCCOC)[C@H]1CN(C2=Nc3cc(Cl)ccc3Oc3ccccc32)CCN1. The van der Waals surface area contributed by atoms with Crippen molar-refractivity contribution in [2.24, 2.45) is 10.4 Å². The average Bonchev–Trinajstić information content (AvgIpc) is 3.02. The third-order valence-corrected chi connectivity index (χ3v) is 7.18. The summed E-state index contributed by atoms with van der Waals surface area (Å²) in [5.74, 6) is 2.33. The largest absolute Gasteiger partial charge is 0.454 e. The van der Waals surface area contributed by atoms with Gasteiger partial charge in [0, 0.05) is 44.4 Å². The summed E-state index contributed by atoms with van der Waals surface area (Å²) in [7, 11) is 1.64. The fourth-order valence-electron chi connectivity index (χ4n) is 4.92. The number of amidine groups is 1. The van der Waals surface area contributed by atoms with E-state index in [1.54, 1.807) is 7.11 Å². The van der Waals surface area contributed by atoms with Crippen LogP contribution in [0.15, 0.2) is 47.5 Å². The molecule has 8 heteroatoms. The molecular formula is C26H33ClN4O3. The van der Waals surface area contributed by atoms with Gasteiger partial charge in [0.15, 0.2) is 5.75 Å². The van der Waals surface area contributed by atoms with Crippen molar-refractivity contribution in [3.8, 4) is 11.5 Å². The Morgan fingerprint density at radius 2 is 2.06 bits per heavy atom. The van der Waals surface area contributed by atoms with Gasteiger partial charge in [-0.3, -0.25) is 4.79 Å². The van der Waals surface area contributed by atoms with Crippen LogP contribution in [0, 0.1) is 5.41 Å². The van der Waals surface area contributed by atoms with Crippen LogP contribution in [0.3, 0.4) is 0 Å². The van der Waals surface area contributed by atoms with Gasteiger partial charge in [-0.2, -0.15) is 0 Å². The van der Waals surface area contributed by atoms with Crippen LogP contribution in [0.25, 0.3) is 0 Å². The van der Waals surface area contributed by atoms with Crippen molar-refractivity contribution in [2.45, 2.75) is 32.7 Å². The second-order valence-corrected chi connectivity index (χ2v) is 9.15. The first kappa shape index (κ1) is 24.5. The number of amides is 1. The number of benzene rings is 2. The number of nitrogens with zero attached hydrogens (tertiary/aromatic N) is 2. The number of hydrogen-bond donors (Lipinski definition) is 2. The number of nitrogens with one attached hydrogen (secondary N) is 2. The molecule has 1 fully saturated rings. The van der Waals surface area contributed by atoms with Crippen LogP contribution in [0.4, 0.5) is 5.69 Å². The number of fused-ring (bicyclic) bond motifs is 2. The Morgan fingerprint density at radius 1 is 1.26 bits per heavy atom. The van der Waals surface area contributed by atoms with Gasteiger partial charge < -0.3 is 25.0 Å². The zero-order valence-electron chi connectivity index (χ0n) is 20.1. The smallest absolute Gasteiger partial charge is 0.227 e. The van der Waals surface area contributed by atoms with E-state index in [1.165, 1.54) is 0 Å². The fraction of sp³-hybridized carbons (Fsp3) is 0.462. The van der Waals surface area contributed by atoms with E-state index in [0.717, 1.165) is 43.1 Å². The molecule has 2 aromatic carbocycles. The Morgan fingerprint density at radius 3 is 2.82 bits per heavy atom. The molecule has 0 spiro atoms. The molecule has 34 heavy (non-hydrogen) atoms. The minimum Gasteiger partial charge on any atom is -0.454 e. The number of para-hydroxylation sites is 1. The lowest BCUT2D eigenvalue weighted by Crippen LogP contribution is -2.63. The Labute approximate surface area is 206 Å². The van der Waals surface area contributed by atoms with Crippen LogP contribution in [0.1, 0.15) is 32.3 Å². The highest BCUT2D eigenvalue weighted by Gasteiger charge is 2.45. The van der Waals surface area contributed by atoms with Gasteiger partial charge in [-0.1, -0.05) is 37.6 Å². The number of aliphatic imine (C=N–C) groups is 1. The number of hydrogen-bond acceptors (Lipinski definition) is 6. The van der Waals surface area contributed by atoms with Crippen LogP contribution in [-0.2, 0) is 9.53 Å². The minimum atomic E-state index is -0.533. The molecule has 1 atom stereocenters. The summed E-state index contributed by atoms with van der Waals surface area (Å²) in [6.07, 6.45) is 1.47. The van der Waals surface area contributed by atoms with Gasteiger partial charge in [-0.25, -0.2) is 4.99 Å². The minimum absolute atomic E-state index is 0.0309. The number of ether oxygens (including phenoxy) is 2. The summed E-state index contributed by atoms with van der Waals surface area (Å²) >= 11 is 6.28. The number of rotatable bonds is 7. The van der Waals surface area contributed by atoms with Crippen molar-refractivity contribution < 1.29 is 14.3 Å². The molecule has 7 nitrogen and oxygen atoms in total. The van der Waals surface area contributed by atoms with Crippen LogP contribution < -0.4 is 15.4 Å². The first-order valence-corrected chi connectivity index (χ1v) is 12.3. The normalized spacial score (nSPS) is 17.7. The summed E-state index contributed by atoms with van der Waals surface area (Å²) in [5, 5.41) is 7.31. The lowest BCUT2D eigenvalue weighted by atomic mass is 9.73. The molecule has 2 N–H and O–H groups in total. The zero-order chi connectivity index (χ0) is 24.1. The Kier molecular flexibility index (Phi) is 7.76. The molecule has 0 bridgehead atoms. The van der Waals surface area contributed by atoms with Crippen molar-refractivity contribution in [1.29, 1.82) is 0 Å². The molecule has 4 rings (SSSR count). The topological polar surface area (TPSA) is 75.2 Å². The number of methoxy groups -OCH3 is 1. The summed E-state index contributed by atoms with van der Waals surface area (Å²) in [4.78, 5) is 20.6. The van der Waals surface area contributed by atoms with Crippen LogP contribution >= 0.6 is 11.6 Å². The molecular weight excluding hydrogens is 452 g/mol. The summed E-state index contributed by atoms with van der Waals surface area (Å²) < 4.78 is 11.3. The van der Waals surface area contributed by atoms with Crippen molar-refractivity contribution in [3.63, 3.8) is 0 Å². The molecule has 182 valence electrons. The molecule has 2 aliphatic rings. The van der Waals surface area contributed by atoms with Gasteiger partial charge >= 0.3 is 0 Å². The van der Waals surface area contributed by atoms with Gasteiger partial charge in [0.05, 0.1) is 17.6 Å². The second kappa shape index (κ2) is 10.8. The van der Waals surface area contributed by atoms with Gasteiger partial charge in [0.1, 0.15) is 17.3 Å². The summed E-state index contributed by atoms with van der Waals surface area (Å²) in [5.41, 5.74) is 1.09. The van der Waals surface area contributed by atoms with Gasteiger partial charge in [-0.15, -0.1) is 0 Å². The first-order chi connectivity index (χ1) is 16.5. The van der Waals surface area contributed by atoms with Crippen molar-refractivity contribution in [3.05, 3.63) is 53.1 Å². The second-order valence-electron chi connectivity index (χ2n) is 8.71. The van der Waals surface area contributed by atoms with Crippen molar-refractivity contribution in [1.82, 2.24) is 15.5 Å². The predicted molar refractivity (Wildman–Crippen MR) is 135 cm³/mol. The molecule has 0 aliphatic carbocycles. The lowest BCUT2D eigenvalue weighted by molar-refractivity contribution is -0.134. The molecule has 2 aromatic rings. The van der Waals surface area contributed by atoms with E-state index in [9.17, 15) is 4.79 Å². The highest BCUT2D eigenvalue weighted by Crippen LogP contribution is 2.40. The quantitative estimate of drug-likeness (QED) is 0.571. The molecule has 1 saturated heterocycles. The first-order valence-electron chi connectivity index (χ1n) is 11.9. The van der Waals surface area contributed by atoms with Crippen LogP contribution in [0.5, 0.6) is 11.5 Å². The highest BCUT2D eigenvalue weighted by molar-refractivity contribution is 6.31. The Hall–Kier alpha value is -2.61. The standard InChI is InChI=1S/C26H33ClN4O3/c1-4-26(5-2,25(32)29-13-15-33-3)23-17-31(14-12-28-23)24-19-8-6-7-9-21(19)34-22-11-10-18(27)16-20(22)30-24/h6-11,16,23,28H,4-5,12-15,17H2,1-3H3,(H,29,32)/t23-/m1/s1. The number of halogens is 1. The molecule has 2 heterocycles. The fourth-order valence-corrected chi connectivity index (χ4v) is 5.08. The molecule has 0 radical (unpaired) electrons. The van der Waals surface area contributed by atoms with Crippen molar-refractivity contribution in [2.75, 3.05) is 39.9 Å². The van der Waals surface area contributed by atoms with E-state index < -0.39 is 5.41 Å². The monoisotopic (exact) mass is 484 g/mol. The highest BCUT2D eigenvalue weighted by atomic mass is 35.5. The maximum atomic E-state index is 13.3. The van der Waals surface area contributed by atoms with Gasteiger partial charge in [-0.05, 0) is 43.2 Å². The molecule has 0 unspecified atom stereocenters. The lowest BCUT2D eigenvalue weighted by Gasteiger charge is -2.45. The third-order valence-electron chi connectivity index (χ3n) is 6.94. The van der Waals surface area contributed by atoms with Gasteiger partial charge in [0.2, 0.25) is 5.91 Å². The summed E-state index contributed by atoms with van der Waals surface area (Å²) in [6, 6.07) is 13.4. The Bertz CT molecular complexity index is 1050. The molecule has 0 saturated carbocycles. The van der Waals surface area contributed by atoms with E-state index in [0.29, 0.717) is 36.2 Å². The Balaban J connectivity index is 1.68. The van der Waals surface area contributed by atoms with E-state index >= 15 is 0 Å². The van der Waals surface area contributed by atoms with E-state index in [-0.39, 0.29) is 11.9 Å². The average molecular weight is 485 g/mol. The summed E-state index contributed by atoms with van der Waals surface area (Å²) in [6.45, 7) is 7.35. The molecule has 2 aliphatic heterocycles. The van der Waals surface area contributed by atoms with Crippen LogP contribution in [0.2, 0.25) is 5.02 Å². The predicted octanol–water partition coefficient (Wildman–Crippen LogP) is 4.37. The maximum Gasteiger partial charge on any atom is 0.227 e. The van der Waals surface area contributed by atoms with E-state index in [2.05, 4.69) is 29.4 Å². The van der Waals surface area contributed by atoms with E-state index in [1.807, 2.05) is 42.5 Å². The number of carbonyl (C=O) groups excluding carboxylic acids is 1. The zero-order valence-corrected chi connectivity index (χ0v) is 20.8. The van der Waals surface area contributed by atoms with E-state index in [4.69, 9.17) is 26.1 Å². The third kappa shape index (κ3) is 4.78. The van der Waals surface area contributed by atoms with Gasteiger partial charge in [0.25, 0.3) is 0 Å².